The SMILES string of the molecule is Cc1cccc(NC(=O)CCCN2C(=O)/C(=C\c3cccs3)SC2=S)c1. The predicted molar refractivity (Wildman–Crippen MR) is 113 cm³/mol. The standard InChI is InChI=1S/C19H18N2O2S3/c1-13-5-2-6-14(11-13)20-17(22)8-3-9-21-18(23)16(26-19(21)24)12-15-7-4-10-25-15/h2,4-7,10-12H,3,8-9H2,1H3,(H,20,22)/b16-12+. The van der Waals surface area contributed by atoms with Gasteiger partial charge in [0, 0.05) is 23.5 Å². The zero-order valence-electron chi connectivity index (χ0n) is 14.2. The molecule has 7 heteroatoms. The molecule has 1 aromatic heterocycles. The summed E-state index contributed by atoms with van der Waals surface area (Å²) < 4.78 is 0.553. The molecule has 3 rings (SSSR count). The summed E-state index contributed by atoms with van der Waals surface area (Å²) in [6, 6.07) is 11.6. The first-order valence-corrected chi connectivity index (χ1v) is 10.3. The van der Waals surface area contributed by atoms with E-state index in [1.54, 1.807) is 16.2 Å². The molecule has 0 atom stereocenters. The summed E-state index contributed by atoms with van der Waals surface area (Å²) in [7, 11) is 0. The van der Waals surface area contributed by atoms with E-state index in [0.717, 1.165) is 16.1 Å². The lowest BCUT2D eigenvalue weighted by Gasteiger charge is -2.14. The number of carbonyl (C=O) groups is 2. The Labute approximate surface area is 166 Å². The second-order valence-electron chi connectivity index (χ2n) is 5.87. The number of hydrogen-bond acceptors (Lipinski definition) is 5. The van der Waals surface area contributed by atoms with Crippen molar-refractivity contribution in [3.05, 3.63) is 57.1 Å². The van der Waals surface area contributed by atoms with Crippen LogP contribution in [0.15, 0.2) is 46.7 Å². The van der Waals surface area contributed by atoms with Crippen molar-refractivity contribution in [2.75, 3.05) is 11.9 Å². The van der Waals surface area contributed by atoms with E-state index in [1.165, 1.54) is 11.8 Å². The highest BCUT2D eigenvalue weighted by Crippen LogP contribution is 2.33. The molecule has 0 spiro atoms. The third kappa shape index (κ3) is 4.81. The maximum Gasteiger partial charge on any atom is 0.266 e. The molecule has 1 N–H and O–H groups in total. The van der Waals surface area contributed by atoms with Crippen molar-refractivity contribution in [1.29, 1.82) is 0 Å². The summed E-state index contributed by atoms with van der Waals surface area (Å²) in [6.07, 6.45) is 2.78. The van der Waals surface area contributed by atoms with E-state index in [0.29, 0.717) is 28.6 Å². The monoisotopic (exact) mass is 402 g/mol. The van der Waals surface area contributed by atoms with Crippen LogP contribution in [0, 0.1) is 6.92 Å². The van der Waals surface area contributed by atoms with Gasteiger partial charge >= 0.3 is 0 Å². The number of carbonyl (C=O) groups excluding carboxylic acids is 2. The van der Waals surface area contributed by atoms with Crippen molar-refractivity contribution < 1.29 is 9.59 Å². The van der Waals surface area contributed by atoms with Gasteiger partial charge in [-0.1, -0.05) is 42.2 Å². The molecule has 2 aromatic rings. The van der Waals surface area contributed by atoms with E-state index in [4.69, 9.17) is 12.2 Å². The van der Waals surface area contributed by atoms with Crippen molar-refractivity contribution in [2.24, 2.45) is 0 Å². The number of anilines is 1. The molecule has 26 heavy (non-hydrogen) atoms. The number of amides is 2. The molecule has 1 saturated heterocycles. The van der Waals surface area contributed by atoms with Gasteiger partial charge in [0.15, 0.2) is 0 Å². The van der Waals surface area contributed by atoms with E-state index in [2.05, 4.69) is 5.32 Å². The molecular formula is C19H18N2O2S3. The van der Waals surface area contributed by atoms with Gasteiger partial charge in [0.2, 0.25) is 5.91 Å². The minimum atomic E-state index is -0.0764. The van der Waals surface area contributed by atoms with E-state index < -0.39 is 0 Å². The Balaban J connectivity index is 1.51. The zero-order valence-corrected chi connectivity index (χ0v) is 16.7. The summed E-state index contributed by atoms with van der Waals surface area (Å²) in [5.74, 6) is -0.136. The number of nitrogens with zero attached hydrogens (tertiary/aromatic N) is 1. The number of thiocarbonyl (C=S) groups is 1. The molecule has 0 aliphatic carbocycles. The van der Waals surface area contributed by atoms with Crippen LogP contribution < -0.4 is 5.32 Å². The Bertz CT molecular complexity index is 859. The molecule has 0 saturated carbocycles. The molecule has 0 radical (unpaired) electrons. The summed E-state index contributed by atoms with van der Waals surface area (Å²) in [5, 5.41) is 4.85. The predicted octanol–water partition coefficient (Wildman–Crippen LogP) is 4.68. The van der Waals surface area contributed by atoms with Crippen LogP contribution in [-0.2, 0) is 9.59 Å². The molecule has 134 valence electrons. The topological polar surface area (TPSA) is 49.4 Å². The largest absolute Gasteiger partial charge is 0.326 e. The third-order valence-electron chi connectivity index (χ3n) is 3.78. The average Bonchev–Trinajstić information content (AvgIpc) is 3.19. The summed E-state index contributed by atoms with van der Waals surface area (Å²) in [4.78, 5) is 27.8. The fourth-order valence-corrected chi connectivity index (χ4v) is 4.57. The second-order valence-corrected chi connectivity index (χ2v) is 8.53. The lowest BCUT2D eigenvalue weighted by Crippen LogP contribution is -2.29. The summed E-state index contributed by atoms with van der Waals surface area (Å²) in [5.41, 5.74) is 1.89. The average molecular weight is 403 g/mol. The Morgan fingerprint density at radius 2 is 2.15 bits per heavy atom. The lowest BCUT2D eigenvalue weighted by atomic mass is 10.2. The highest BCUT2D eigenvalue weighted by molar-refractivity contribution is 8.26. The van der Waals surface area contributed by atoms with Gasteiger partial charge in [-0.25, -0.2) is 0 Å². The van der Waals surface area contributed by atoms with Crippen LogP contribution in [0.4, 0.5) is 5.69 Å². The van der Waals surface area contributed by atoms with Crippen molar-refractivity contribution >= 4 is 63.2 Å². The zero-order chi connectivity index (χ0) is 18.5. The van der Waals surface area contributed by atoms with Gasteiger partial charge in [-0.3, -0.25) is 14.5 Å². The van der Waals surface area contributed by atoms with Crippen LogP contribution in [0.25, 0.3) is 6.08 Å². The van der Waals surface area contributed by atoms with Crippen molar-refractivity contribution in [1.82, 2.24) is 4.90 Å². The third-order valence-corrected chi connectivity index (χ3v) is 5.97. The van der Waals surface area contributed by atoms with Gasteiger partial charge in [0.05, 0.1) is 4.91 Å². The van der Waals surface area contributed by atoms with Gasteiger partial charge < -0.3 is 5.32 Å². The fourth-order valence-electron chi connectivity index (χ4n) is 2.54. The molecule has 4 nitrogen and oxygen atoms in total. The number of benzene rings is 1. The molecule has 1 aliphatic heterocycles. The number of thiophene rings is 1. The number of hydrogen-bond donors (Lipinski definition) is 1. The fraction of sp³-hybridized carbons (Fsp3) is 0.211. The van der Waals surface area contributed by atoms with Crippen LogP contribution >= 0.6 is 35.3 Å². The summed E-state index contributed by atoms with van der Waals surface area (Å²) >= 11 is 8.22. The Morgan fingerprint density at radius 1 is 1.31 bits per heavy atom. The Morgan fingerprint density at radius 3 is 2.88 bits per heavy atom. The van der Waals surface area contributed by atoms with Crippen LogP contribution in [0.1, 0.15) is 23.3 Å². The number of aryl methyl sites for hydroxylation is 1. The molecule has 1 aliphatic rings. The van der Waals surface area contributed by atoms with Gasteiger partial charge in [-0.05, 0) is 48.6 Å². The first kappa shape index (κ1) is 18.8. The van der Waals surface area contributed by atoms with Crippen LogP contribution in [0.5, 0.6) is 0 Å². The van der Waals surface area contributed by atoms with Crippen LogP contribution in [0.3, 0.4) is 0 Å². The molecule has 0 bridgehead atoms. The highest BCUT2D eigenvalue weighted by atomic mass is 32.2. The normalized spacial score (nSPS) is 15.7. The van der Waals surface area contributed by atoms with Crippen LogP contribution in [-0.4, -0.2) is 27.6 Å². The van der Waals surface area contributed by atoms with Gasteiger partial charge in [0.1, 0.15) is 4.32 Å². The molecule has 0 unspecified atom stereocenters. The maximum absolute atomic E-state index is 12.5. The molecular weight excluding hydrogens is 384 g/mol. The van der Waals surface area contributed by atoms with Crippen molar-refractivity contribution in [3.63, 3.8) is 0 Å². The van der Waals surface area contributed by atoms with Gasteiger partial charge in [0.25, 0.3) is 5.91 Å². The van der Waals surface area contributed by atoms with E-state index in [1.807, 2.05) is 54.8 Å². The van der Waals surface area contributed by atoms with Crippen LogP contribution in [0.2, 0.25) is 0 Å². The Hall–Kier alpha value is -1.96. The van der Waals surface area contributed by atoms with Crippen molar-refractivity contribution in [3.8, 4) is 0 Å². The number of rotatable bonds is 6. The molecule has 2 heterocycles. The smallest absolute Gasteiger partial charge is 0.266 e. The first-order chi connectivity index (χ1) is 12.5. The molecule has 1 aromatic carbocycles. The highest BCUT2D eigenvalue weighted by Gasteiger charge is 2.31. The number of thioether (sulfide) groups is 1. The summed E-state index contributed by atoms with van der Waals surface area (Å²) in [6.45, 7) is 2.43. The number of nitrogens with one attached hydrogen (secondary N) is 1. The minimum Gasteiger partial charge on any atom is -0.326 e. The second kappa shape index (κ2) is 8.62. The quantitative estimate of drug-likeness (QED) is 0.563. The Kier molecular flexibility index (Phi) is 6.24. The van der Waals surface area contributed by atoms with E-state index >= 15 is 0 Å². The van der Waals surface area contributed by atoms with E-state index in [9.17, 15) is 9.59 Å². The van der Waals surface area contributed by atoms with Gasteiger partial charge in [-0.2, -0.15) is 0 Å². The first-order valence-electron chi connectivity index (χ1n) is 8.18. The minimum absolute atomic E-state index is 0.0600. The lowest BCUT2D eigenvalue weighted by molar-refractivity contribution is -0.122. The van der Waals surface area contributed by atoms with Crippen molar-refractivity contribution in [2.45, 2.75) is 19.8 Å². The van der Waals surface area contributed by atoms with E-state index in [-0.39, 0.29) is 11.8 Å². The van der Waals surface area contributed by atoms with Gasteiger partial charge in [-0.15, -0.1) is 11.3 Å². The molecule has 2 amide bonds. The maximum atomic E-state index is 12.5. The molecule has 1 fully saturated rings.